The Morgan fingerprint density at radius 2 is 2.10 bits per heavy atom. The number of furan rings is 1. The van der Waals surface area contributed by atoms with Crippen molar-refractivity contribution in [2.75, 3.05) is 19.5 Å². The monoisotopic (exact) mass is 415 g/mol. The fraction of sp³-hybridized carbons (Fsp3) is 0.400. The Morgan fingerprint density at radius 3 is 2.87 bits per heavy atom. The Kier molecular flexibility index (Phi) is 4.33. The normalized spacial score (nSPS) is 30.6. The molecular formula is C20H21N3O7. The molecule has 10 nitrogen and oxygen atoms in total. The maximum Gasteiger partial charge on any atom is 0.295 e. The number of rotatable bonds is 4. The standard InChI is InChI=1S/C20H21N3O7/c1-20-15(10-8-27-14-13(10)22-19(21)23-17(14)25)28-12(7-24)16(20)29-18(30-20)9-5-3-4-6-11(9)26-2/h3-6,8,12,15-16,18,24H,7H2,1-2H3,(H3,21,22,23,25)/t12-,15+,16-,18?,20+/m1/s1. The van der Waals surface area contributed by atoms with Crippen LogP contribution in [0.1, 0.15) is 30.4 Å². The van der Waals surface area contributed by atoms with Crippen molar-refractivity contribution in [2.24, 2.45) is 0 Å². The van der Waals surface area contributed by atoms with E-state index in [4.69, 9.17) is 29.1 Å². The number of hydrogen-bond donors (Lipinski definition) is 3. The first-order valence-corrected chi connectivity index (χ1v) is 9.45. The van der Waals surface area contributed by atoms with Crippen LogP contribution in [-0.2, 0) is 14.2 Å². The third-order valence-electron chi connectivity index (χ3n) is 5.69. The summed E-state index contributed by atoms with van der Waals surface area (Å²) in [5.41, 5.74) is 5.78. The summed E-state index contributed by atoms with van der Waals surface area (Å²) < 4.78 is 29.5. The molecule has 30 heavy (non-hydrogen) atoms. The summed E-state index contributed by atoms with van der Waals surface area (Å²) in [6.45, 7) is 1.56. The van der Waals surface area contributed by atoms with Gasteiger partial charge in [0.2, 0.25) is 11.5 Å². The topological polar surface area (TPSA) is 142 Å². The molecule has 0 spiro atoms. The molecule has 4 heterocycles. The van der Waals surface area contributed by atoms with Gasteiger partial charge in [-0.05, 0) is 13.0 Å². The molecule has 4 N–H and O–H groups in total. The van der Waals surface area contributed by atoms with Gasteiger partial charge in [-0.1, -0.05) is 18.2 Å². The van der Waals surface area contributed by atoms with Gasteiger partial charge in [-0.25, -0.2) is 4.98 Å². The summed E-state index contributed by atoms with van der Waals surface area (Å²) in [5.74, 6) is 0.586. The first-order valence-electron chi connectivity index (χ1n) is 9.45. The van der Waals surface area contributed by atoms with Crippen molar-refractivity contribution in [3.05, 3.63) is 52.0 Å². The maximum absolute atomic E-state index is 12.1. The molecular weight excluding hydrogens is 394 g/mol. The quantitative estimate of drug-likeness (QED) is 0.576. The molecule has 0 saturated carbocycles. The summed E-state index contributed by atoms with van der Waals surface area (Å²) in [6.07, 6.45) is -1.26. The number of ether oxygens (including phenoxy) is 4. The predicted molar refractivity (Wildman–Crippen MR) is 104 cm³/mol. The van der Waals surface area contributed by atoms with Crippen LogP contribution in [0.25, 0.3) is 11.1 Å². The highest BCUT2D eigenvalue weighted by Crippen LogP contribution is 2.54. The highest BCUT2D eigenvalue weighted by Gasteiger charge is 2.62. The number of nitrogens with two attached hydrogens (primary N) is 1. The molecule has 10 heteroatoms. The fourth-order valence-corrected chi connectivity index (χ4v) is 4.31. The zero-order valence-electron chi connectivity index (χ0n) is 16.3. The third-order valence-corrected chi connectivity index (χ3v) is 5.69. The highest BCUT2D eigenvalue weighted by molar-refractivity contribution is 5.77. The van der Waals surface area contributed by atoms with Crippen molar-refractivity contribution in [2.45, 2.75) is 37.1 Å². The van der Waals surface area contributed by atoms with Crippen molar-refractivity contribution in [1.29, 1.82) is 0 Å². The van der Waals surface area contributed by atoms with Gasteiger partial charge in [0, 0.05) is 11.1 Å². The molecule has 0 aliphatic carbocycles. The van der Waals surface area contributed by atoms with Gasteiger partial charge in [-0.2, -0.15) is 0 Å². The van der Waals surface area contributed by atoms with Gasteiger partial charge in [0.25, 0.3) is 5.56 Å². The van der Waals surface area contributed by atoms with Crippen LogP contribution in [0, 0.1) is 0 Å². The second-order valence-electron chi connectivity index (χ2n) is 7.49. The molecule has 0 amide bonds. The SMILES string of the molecule is COc1ccccc1C1O[C@@H]2[C@@H](CO)O[C@@H](c3coc4c(=O)[nH]c(N)nc34)[C@]2(C)O1. The number of hydrogen-bond acceptors (Lipinski definition) is 9. The summed E-state index contributed by atoms with van der Waals surface area (Å²) >= 11 is 0. The molecule has 2 fully saturated rings. The smallest absolute Gasteiger partial charge is 0.295 e. The Morgan fingerprint density at radius 1 is 1.30 bits per heavy atom. The Bertz CT molecular complexity index is 1160. The number of para-hydroxylation sites is 1. The zero-order valence-corrected chi connectivity index (χ0v) is 16.3. The van der Waals surface area contributed by atoms with Crippen LogP contribution in [0.4, 0.5) is 5.95 Å². The van der Waals surface area contributed by atoms with E-state index >= 15 is 0 Å². The van der Waals surface area contributed by atoms with E-state index in [1.165, 1.54) is 6.26 Å². The number of H-pyrrole nitrogens is 1. The molecule has 3 aromatic rings. The summed E-state index contributed by atoms with van der Waals surface area (Å²) in [5, 5.41) is 9.90. The first-order chi connectivity index (χ1) is 14.5. The fourth-order valence-electron chi connectivity index (χ4n) is 4.31. The van der Waals surface area contributed by atoms with Crippen LogP contribution < -0.4 is 16.0 Å². The largest absolute Gasteiger partial charge is 0.496 e. The maximum atomic E-state index is 12.1. The van der Waals surface area contributed by atoms with Gasteiger partial charge in [-0.3, -0.25) is 9.78 Å². The lowest BCUT2D eigenvalue weighted by Crippen LogP contribution is -2.40. The number of aliphatic hydroxyl groups excluding tert-OH is 1. The molecule has 2 aliphatic heterocycles. The number of aliphatic hydroxyl groups is 1. The van der Waals surface area contributed by atoms with Crippen LogP contribution in [0.5, 0.6) is 5.75 Å². The van der Waals surface area contributed by atoms with Crippen LogP contribution in [-0.4, -0.2) is 46.6 Å². The van der Waals surface area contributed by atoms with E-state index in [2.05, 4.69) is 9.97 Å². The van der Waals surface area contributed by atoms with E-state index in [0.717, 1.165) is 5.56 Å². The number of aromatic amines is 1. The van der Waals surface area contributed by atoms with Crippen molar-refractivity contribution in [3.63, 3.8) is 0 Å². The summed E-state index contributed by atoms with van der Waals surface area (Å²) in [7, 11) is 1.57. The Balaban J connectivity index is 1.58. The van der Waals surface area contributed by atoms with E-state index < -0.39 is 35.8 Å². The van der Waals surface area contributed by atoms with Gasteiger partial charge < -0.3 is 34.2 Å². The second kappa shape index (κ2) is 6.81. The van der Waals surface area contributed by atoms with Crippen molar-refractivity contribution < 1.29 is 28.5 Å². The van der Waals surface area contributed by atoms with Crippen LogP contribution >= 0.6 is 0 Å². The summed E-state index contributed by atoms with van der Waals surface area (Å²) in [4.78, 5) is 18.8. The van der Waals surface area contributed by atoms with Crippen molar-refractivity contribution in [1.82, 2.24) is 9.97 Å². The Labute approximate surface area is 170 Å². The molecule has 0 bridgehead atoms. The van der Waals surface area contributed by atoms with E-state index in [-0.39, 0.29) is 23.7 Å². The van der Waals surface area contributed by atoms with Gasteiger partial charge >= 0.3 is 0 Å². The molecule has 1 aromatic carbocycles. The number of aromatic nitrogens is 2. The molecule has 158 valence electrons. The number of nitrogens with one attached hydrogen (secondary N) is 1. The number of benzene rings is 1. The molecule has 5 atom stereocenters. The molecule has 1 unspecified atom stereocenters. The van der Waals surface area contributed by atoms with E-state index in [9.17, 15) is 9.90 Å². The average molecular weight is 415 g/mol. The number of nitrogen functional groups attached to an aromatic ring is 1. The number of anilines is 1. The lowest BCUT2D eigenvalue weighted by molar-refractivity contribution is -0.158. The first kappa shape index (κ1) is 19.1. The average Bonchev–Trinajstić information content (AvgIpc) is 3.37. The minimum absolute atomic E-state index is 0.0376. The second-order valence-corrected chi connectivity index (χ2v) is 7.49. The van der Waals surface area contributed by atoms with Crippen molar-refractivity contribution >= 4 is 17.0 Å². The lowest BCUT2D eigenvalue weighted by atomic mass is 9.89. The Hall–Kier alpha value is -2.92. The van der Waals surface area contributed by atoms with E-state index in [1.807, 2.05) is 31.2 Å². The number of nitrogens with zero attached hydrogens (tertiary/aromatic N) is 1. The molecule has 2 saturated heterocycles. The van der Waals surface area contributed by atoms with Gasteiger partial charge in [0.05, 0.1) is 20.0 Å². The van der Waals surface area contributed by atoms with Gasteiger partial charge in [0.15, 0.2) is 6.29 Å². The highest BCUT2D eigenvalue weighted by atomic mass is 16.8. The van der Waals surface area contributed by atoms with Gasteiger partial charge in [-0.15, -0.1) is 0 Å². The zero-order chi connectivity index (χ0) is 21.0. The van der Waals surface area contributed by atoms with Crippen molar-refractivity contribution in [3.8, 4) is 5.75 Å². The minimum Gasteiger partial charge on any atom is -0.496 e. The van der Waals surface area contributed by atoms with Crippen LogP contribution in [0.2, 0.25) is 0 Å². The van der Waals surface area contributed by atoms with Crippen LogP contribution in [0.3, 0.4) is 0 Å². The summed E-state index contributed by atoms with van der Waals surface area (Å²) in [6, 6.07) is 7.39. The molecule has 2 aliphatic rings. The van der Waals surface area contributed by atoms with Crippen LogP contribution in [0.15, 0.2) is 39.7 Å². The van der Waals surface area contributed by atoms with E-state index in [1.54, 1.807) is 7.11 Å². The third kappa shape index (κ3) is 2.65. The van der Waals surface area contributed by atoms with Gasteiger partial charge in [0.1, 0.15) is 35.2 Å². The molecule has 0 radical (unpaired) electrons. The number of fused-ring (bicyclic) bond motifs is 2. The lowest BCUT2D eigenvalue weighted by Gasteiger charge is -2.27. The predicted octanol–water partition coefficient (Wildman–Crippen LogP) is 1.41. The molecule has 5 rings (SSSR count). The molecule has 2 aromatic heterocycles. The van der Waals surface area contributed by atoms with E-state index in [0.29, 0.717) is 11.3 Å². The number of methoxy groups -OCH3 is 1. The minimum atomic E-state index is -0.991.